The van der Waals surface area contributed by atoms with Gasteiger partial charge in [0.2, 0.25) is 0 Å². The zero-order valence-corrected chi connectivity index (χ0v) is 5.48. The molecule has 0 aromatic carbocycles. The van der Waals surface area contributed by atoms with E-state index in [1.54, 1.807) is 6.07 Å². The number of primary amides is 1. The van der Waals surface area contributed by atoms with Crippen LogP contribution in [0.4, 0.5) is 0 Å². The van der Waals surface area contributed by atoms with E-state index in [-0.39, 0.29) is 11.4 Å². The molecule has 1 amide bonds. The molecule has 0 atom stereocenters. The van der Waals surface area contributed by atoms with E-state index in [9.17, 15) is 4.79 Å². The molecule has 54 valence electrons. The lowest BCUT2D eigenvalue weighted by Crippen LogP contribution is -2.13. The Labute approximate surface area is 62.5 Å². The van der Waals surface area contributed by atoms with Gasteiger partial charge in [-0.25, -0.2) is 9.97 Å². The van der Waals surface area contributed by atoms with Crippen LogP contribution in [0.3, 0.4) is 0 Å². The van der Waals surface area contributed by atoms with Gasteiger partial charge in [-0.05, 0) is 0 Å². The second-order valence-corrected chi connectivity index (χ2v) is 1.76. The Bertz CT molecular complexity index is 328. The SMILES string of the molecule is N#Cc1cc(C(N)=O)ncn1. The van der Waals surface area contributed by atoms with Gasteiger partial charge in [0.1, 0.15) is 23.8 Å². The van der Waals surface area contributed by atoms with Gasteiger partial charge in [-0.2, -0.15) is 5.26 Å². The Balaban J connectivity index is 3.13. The Hall–Kier alpha value is -1.96. The molecular formula is C6H4N4O. The summed E-state index contributed by atoms with van der Waals surface area (Å²) in [7, 11) is 0. The predicted octanol–water partition coefficient (Wildman–Crippen LogP) is -0.553. The standard InChI is InChI=1S/C6H4N4O/c7-2-4-1-5(6(8)11)10-3-9-4/h1,3H,(H2,8,11). The number of hydrogen-bond acceptors (Lipinski definition) is 4. The van der Waals surface area contributed by atoms with Crippen molar-refractivity contribution in [2.75, 3.05) is 0 Å². The second kappa shape index (κ2) is 2.75. The van der Waals surface area contributed by atoms with Gasteiger partial charge in [-0.15, -0.1) is 0 Å². The van der Waals surface area contributed by atoms with Gasteiger partial charge in [0.05, 0.1) is 0 Å². The van der Waals surface area contributed by atoms with Crippen LogP contribution in [0, 0.1) is 11.3 Å². The Morgan fingerprint density at radius 1 is 1.64 bits per heavy atom. The van der Waals surface area contributed by atoms with Crippen LogP contribution < -0.4 is 5.73 Å². The first-order valence-corrected chi connectivity index (χ1v) is 2.76. The average molecular weight is 148 g/mol. The van der Waals surface area contributed by atoms with Crippen molar-refractivity contribution in [3.8, 4) is 6.07 Å². The van der Waals surface area contributed by atoms with Crippen LogP contribution in [0.15, 0.2) is 12.4 Å². The zero-order valence-electron chi connectivity index (χ0n) is 5.48. The van der Waals surface area contributed by atoms with Crippen LogP contribution in [0.25, 0.3) is 0 Å². The Morgan fingerprint density at radius 2 is 2.36 bits per heavy atom. The van der Waals surface area contributed by atoms with E-state index in [2.05, 4.69) is 9.97 Å². The molecule has 5 heteroatoms. The maximum atomic E-state index is 10.5. The van der Waals surface area contributed by atoms with Crippen molar-refractivity contribution in [2.24, 2.45) is 5.73 Å². The molecule has 0 saturated carbocycles. The molecule has 1 heterocycles. The van der Waals surface area contributed by atoms with Crippen molar-refractivity contribution in [1.29, 1.82) is 5.26 Å². The smallest absolute Gasteiger partial charge is 0.267 e. The maximum Gasteiger partial charge on any atom is 0.267 e. The van der Waals surface area contributed by atoms with Gasteiger partial charge < -0.3 is 5.73 Å². The summed E-state index contributed by atoms with van der Waals surface area (Å²) >= 11 is 0. The first-order valence-electron chi connectivity index (χ1n) is 2.76. The molecule has 0 spiro atoms. The molecule has 0 fully saturated rings. The summed E-state index contributed by atoms with van der Waals surface area (Å²) in [6.07, 6.45) is 1.12. The summed E-state index contributed by atoms with van der Waals surface area (Å²) in [5.74, 6) is -0.663. The topological polar surface area (TPSA) is 92.7 Å². The lowest BCUT2D eigenvalue weighted by Gasteiger charge is -1.91. The van der Waals surface area contributed by atoms with E-state index < -0.39 is 5.91 Å². The number of nitriles is 1. The molecule has 2 N–H and O–H groups in total. The molecule has 0 unspecified atom stereocenters. The van der Waals surface area contributed by atoms with Crippen LogP contribution in [0.5, 0.6) is 0 Å². The fourth-order valence-corrected chi connectivity index (χ4v) is 0.553. The number of rotatable bonds is 1. The van der Waals surface area contributed by atoms with Crippen LogP contribution >= 0.6 is 0 Å². The van der Waals surface area contributed by atoms with Gasteiger partial charge in [0.15, 0.2) is 0 Å². The van der Waals surface area contributed by atoms with Crippen molar-refractivity contribution in [3.63, 3.8) is 0 Å². The molecular weight excluding hydrogens is 144 g/mol. The van der Waals surface area contributed by atoms with Gasteiger partial charge in [-0.3, -0.25) is 4.79 Å². The van der Waals surface area contributed by atoms with Crippen LogP contribution in [0.2, 0.25) is 0 Å². The highest BCUT2D eigenvalue weighted by Crippen LogP contribution is 1.94. The van der Waals surface area contributed by atoms with Crippen molar-refractivity contribution in [2.45, 2.75) is 0 Å². The summed E-state index contributed by atoms with van der Waals surface area (Å²) < 4.78 is 0. The van der Waals surface area contributed by atoms with Gasteiger partial charge in [-0.1, -0.05) is 0 Å². The van der Waals surface area contributed by atoms with Crippen LogP contribution in [0.1, 0.15) is 16.2 Å². The third kappa shape index (κ3) is 1.49. The van der Waals surface area contributed by atoms with E-state index in [0.29, 0.717) is 0 Å². The summed E-state index contributed by atoms with van der Waals surface area (Å²) in [4.78, 5) is 17.6. The molecule has 0 radical (unpaired) electrons. The highest BCUT2D eigenvalue weighted by Gasteiger charge is 2.02. The molecule has 11 heavy (non-hydrogen) atoms. The third-order valence-electron chi connectivity index (χ3n) is 1.03. The number of aromatic nitrogens is 2. The molecule has 0 saturated heterocycles. The average Bonchev–Trinajstić information content (AvgIpc) is 2.05. The first-order chi connectivity index (χ1) is 5.24. The number of hydrogen-bond donors (Lipinski definition) is 1. The minimum Gasteiger partial charge on any atom is -0.364 e. The number of nitrogens with zero attached hydrogens (tertiary/aromatic N) is 3. The fourth-order valence-electron chi connectivity index (χ4n) is 0.553. The molecule has 0 aliphatic rings. The van der Waals surface area contributed by atoms with E-state index in [0.717, 1.165) is 6.33 Å². The highest BCUT2D eigenvalue weighted by atomic mass is 16.1. The molecule has 1 aromatic rings. The lowest BCUT2D eigenvalue weighted by molar-refractivity contribution is 0.0995. The van der Waals surface area contributed by atoms with Crippen molar-refractivity contribution in [1.82, 2.24) is 9.97 Å². The van der Waals surface area contributed by atoms with Crippen molar-refractivity contribution in [3.05, 3.63) is 23.8 Å². The molecule has 1 rings (SSSR count). The van der Waals surface area contributed by atoms with Crippen molar-refractivity contribution >= 4 is 5.91 Å². The maximum absolute atomic E-state index is 10.5. The summed E-state index contributed by atoms with van der Waals surface area (Å²) in [5.41, 5.74) is 5.08. The minimum atomic E-state index is -0.663. The summed E-state index contributed by atoms with van der Waals surface area (Å²) in [5, 5.41) is 8.35. The van der Waals surface area contributed by atoms with E-state index >= 15 is 0 Å². The van der Waals surface area contributed by atoms with Crippen molar-refractivity contribution < 1.29 is 4.79 Å². The quantitative estimate of drug-likeness (QED) is 0.578. The van der Waals surface area contributed by atoms with Gasteiger partial charge >= 0.3 is 0 Å². The fraction of sp³-hybridized carbons (Fsp3) is 0. The minimum absolute atomic E-state index is 0.0524. The number of amides is 1. The summed E-state index contributed by atoms with van der Waals surface area (Å²) in [6, 6.07) is 3.00. The molecule has 0 aliphatic carbocycles. The molecule has 0 aliphatic heterocycles. The lowest BCUT2D eigenvalue weighted by atomic mass is 10.3. The zero-order chi connectivity index (χ0) is 8.27. The summed E-state index contributed by atoms with van der Waals surface area (Å²) in [6.45, 7) is 0. The van der Waals surface area contributed by atoms with Crippen LogP contribution in [-0.2, 0) is 0 Å². The number of nitrogens with two attached hydrogens (primary N) is 1. The molecule has 1 aromatic heterocycles. The Morgan fingerprint density at radius 3 is 2.91 bits per heavy atom. The number of carbonyl (C=O) groups excluding carboxylic acids is 1. The highest BCUT2D eigenvalue weighted by molar-refractivity contribution is 5.90. The predicted molar refractivity (Wildman–Crippen MR) is 35.3 cm³/mol. The van der Waals surface area contributed by atoms with Gasteiger partial charge in [0.25, 0.3) is 5.91 Å². The van der Waals surface area contributed by atoms with E-state index in [4.69, 9.17) is 11.0 Å². The largest absolute Gasteiger partial charge is 0.364 e. The first kappa shape index (κ1) is 7.15. The molecule has 0 bridgehead atoms. The third-order valence-corrected chi connectivity index (χ3v) is 1.03. The van der Waals surface area contributed by atoms with E-state index in [1.165, 1.54) is 6.07 Å². The van der Waals surface area contributed by atoms with Crippen LogP contribution in [-0.4, -0.2) is 15.9 Å². The number of carbonyl (C=O) groups is 1. The normalized spacial score (nSPS) is 8.64. The van der Waals surface area contributed by atoms with Gasteiger partial charge in [0, 0.05) is 6.07 Å². The monoisotopic (exact) mass is 148 g/mol. The van der Waals surface area contributed by atoms with E-state index in [1.807, 2.05) is 0 Å². The molecule has 5 nitrogen and oxygen atoms in total. The Kier molecular flexibility index (Phi) is 1.79. The second-order valence-electron chi connectivity index (χ2n) is 1.76.